The number of piperidine rings is 1. The number of rotatable bonds is 6. The quantitative estimate of drug-likeness (QED) is 0.142. The lowest BCUT2D eigenvalue weighted by atomic mass is 9.90. The third-order valence-electron chi connectivity index (χ3n) is 3.48. The molecule has 0 aromatic carbocycles. The molecule has 1 saturated heterocycles. The molecule has 1 atom stereocenters. The molecule has 5 N–H and O–H groups in total. The molecule has 21 heavy (non-hydrogen) atoms. The summed E-state index contributed by atoms with van der Waals surface area (Å²) in [5.74, 6) is 8.20. The van der Waals surface area contributed by atoms with Gasteiger partial charge in [-0.1, -0.05) is 21.9 Å². The summed E-state index contributed by atoms with van der Waals surface area (Å²) in [5.41, 5.74) is 6.28. The maximum absolute atomic E-state index is 11.5. The number of nitrogens with zero attached hydrogens (tertiary/aromatic N) is 3. The van der Waals surface area contributed by atoms with E-state index in [0.29, 0.717) is 13.1 Å². The van der Waals surface area contributed by atoms with Crippen LogP contribution in [0.3, 0.4) is 0 Å². The Bertz CT molecular complexity index is 415. The molecule has 0 aromatic rings. The van der Waals surface area contributed by atoms with Gasteiger partial charge < -0.3 is 15.7 Å². The number of halogens is 1. The number of aliphatic hydroxyl groups is 1. The Kier molecular flexibility index (Phi) is 7.85. The summed E-state index contributed by atoms with van der Waals surface area (Å²) in [6.45, 7) is 1.23. The fourth-order valence-electron chi connectivity index (χ4n) is 2.26. The molecule has 1 aliphatic rings. The minimum atomic E-state index is -0.449. The lowest BCUT2D eigenvalue weighted by Crippen LogP contribution is -2.43. The maximum Gasteiger partial charge on any atom is 0.248 e. The van der Waals surface area contributed by atoms with Crippen LogP contribution >= 0.6 is 15.9 Å². The van der Waals surface area contributed by atoms with Gasteiger partial charge in [-0.2, -0.15) is 0 Å². The first-order valence-corrected chi connectivity index (χ1v) is 7.67. The third kappa shape index (κ3) is 5.37. The minimum Gasteiger partial charge on any atom is -0.387 e. The van der Waals surface area contributed by atoms with Gasteiger partial charge in [-0.25, -0.2) is 5.01 Å². The monoisotopic (exact) mass is 359 g/mol. The zero-order valence-corrected chi connectivity index (χ0v) is 13.5. The van der Waals surface area contributed by atoms with Crippen molar-refractivity contribution in [2.45, 2.75) is 17.7 Å². The molecule has 1 rings (SSSR count). The molecule has 1 amide bonds. The van der Waals surface area contributed by atoms with Crippen LogP contribution in [0.5, 0.6) is 0 Å². The number of carbonyl (C=O) groups is 1. The van der Waals surface area contributed by atoms with Crippen molar-refractivity contribution in [1.29, 1.82) is 0 Å². The summed E-state index contributed by atoms with van der Waals surface area (Å²) in [4.78, 5) is 17.3. The van der Waals surface area contributed by atoms with Gasteiger partial charge in [0.1, 0.15) is 18.1 Å². The Morgan fingerprint density at radius 2 is 2.19 bits per heavy atom. The molecule has 0 bridgehead atoms. The van der Waals surface area contributed by atoms with Crippen LogP contribution in [0.25, 0.3) is 0 Å². The molecule has 0 spiro atoms. The second-order valence-electron chi connectivity index (χ2n) is 4.84. The van der Waals surface area contributed by atoms with E-state index in [0.717, 1.165) is 18.6 Å². The SMILES string of the molecule is C#CC(Br)/C(=N\CN(N)CN)C1CCN(C(=O)CO)CC1. The molecular weight excluding hydrogens is 338 g/mol. The van der Waals surface area contributed by atoms with Crippen molar-refractivity contribution in [1.82, 2.24) is 9.91 Å². The maximum atomic E-state index is 11.5. The topological polar surface area (TPSA) is 108 Å². The van der Waals surface area contributed by atoms with E-state index < -0.39 is 6.61 Å². The first-order chi connectivity index (χ1) is 10.0. The Morgan fingerprint density at radius 1 is 1.57 bits per heavy atom. The first kappa shape index (κ1) is 18.1. The van der Waals surface area contributed by atoms with Gasteiger partial charge in [0.15, 0.2) is 0 Å². The molecule has 118 valence electrons. The number of nitrogens with two attached hydrogens (primary N) is 2. The molecule has 0 saturated carbocycles. The van der Waals surface area contributed by atoms with Gasteiger partial charge in [0.25, 0.3) is 0 Å². The van der Waals surface area contributed by atoms with Crippen molar-refractivity contribution in [2.24, 2.45) is 22.5 Å². The highest BCUT2D eigenvalue weighted by atomic mass is 79.9. The van der Waals surface area contributed by atoms with Crippen molar-refractivity contribution in [3.63, 3.8) is 0 Å². The number of aliphatic imine (C=N–C) groups is 1. The van der Waals surface area contributed by atoms with E-state index in [2.05, 4.69) is 26.8 Å². The number of hydrogen-bond acceptors (Lipinski definition) is 6. The third-order valence-corrected chi connectivity index (χ3v) is 4.21. The summed E-state index contributed by atoms with van der Waals surface area (Å²) in [6, 6.07) is 0. The van der Waals surface area contributed by atoms with Crippen LogP contribution in [-0.2, 0) is 4.79 Å². The number of carbonyl (C=O) groups excluding carboxylic acids is 1. The van der Waals surface area contributed by atoms with E-state index in [-0.39, 0.29) is 30.0 Å². The second kappa shape index (κ2) is 9.12. The van der Waals surface area contributed by atoms with Crippen LogP contribution in [0, 0.1) is 18.3 Å². The largest absolute Gasteiger partial charge is 0.387 e. The number of terminal acetylenes is 1. The van der Waals surface area contributed by atoms with Gasteiger partial charge in [0.05, 0.1) is 6.67 Å². The van der Waals surface area contributed by atoms with Gasteiger partial charge in [-0.05, 0) is 12.8 Å². The summed E-state index contributed by atoms with van der Waals surface area (Å²) in [6.07, 6.45) is 7.00. The molecular formula is C13H22BrN5O2. The lowest BCUT2D eigenvalue weighted by Gasteiger charge is -2.33. The zero-order chi connectivity index (χ0) is 15.8. The van der Waals surface area contributed by atoms with Crippen LogP contribution in [0.1, 0.15) is 12.8 Å². The average Bonchev–Trinajstić information content (AvgIpc) is 2.54. The number of alkyl halides is 1. The summed E-state index contributed by atoms with van der Waals surface area (Å²) < 4.78 is 0. The normalized spacial score (nSPS) is 18.7. The number of amides is 1. The van der Waals surface area contributed by atoms with Crippen molar-refractivity contribution in [2.75, 3.05) is 33.0 Å². The number of aliphatic hydroxyl groups excluding tert-OH is 1. The second-order valence-corrected chi connectivity index (χ2v) is 5.75. The molecule has 7 nitrogen and oxygen atoms in total. The Morgan fingerprint density at radius 3 is 2.67 bits per heavy atom. The van der Waals surface area contributed by atoms with Crippen molar-refractivity contribution in [3.05, 3.63) is 0 Å². The molecule has 0 aliphatic carbocycles. The van der Waals surface area contributed by atoms with Crippen LogP contribution in [0.15, 0.2) is 4.99 Å². The molecule has 0 aromatic heterocycles. The van der Waals surface area contributed by atoms with Gasteiger partial charge in [-0.3, -0.25) is 15.6 Å². The minimum absolute atomic E-state index is 0.194. The Hall–Kier alpha value is -0.980. The average molecular weight is 360 g/mol. The van der Waals surface area contributed by atoms with E-state index in [4.69, 9.17) is 23.1 Å². The van der Waals surface area contributed by atoms with Gasteiger partial charge in [-0.15, -0.1) is 6.42 Å². The van der Waals surface area contributed by atoms with Crippen molar-refractivity contribution >= 4 is 27.5 Å². The van der Waals surface area contributed by atoms with Gasteiger partial charge >= 0.3 is 0 Å². The highest BCUT2D eigenvalue weighted by Crippen LogP contribution is 2.23. The highest BCUT2D eigenvalue weighted by molar-refractivity contribution is 9.10. The number of hydrogen-bond donors (Lipinski definition) is 3. The van der Waals surface area contributed by atoms with E-state index in [1.807, 2.05) is 0 Å². The standard InChI is InChI=1S/C13H22BrN5O2/c1-2-11(14)13(17-9-19(16)8-15)10-3-5-18(6-4-10)12(21)7-20/h1,10-11,20H,3-9,15-16H2/b17-13-. The molecule has 1 unspecified atom stereocenters. The number of hydrazine groups is 1. The Balaban J connectivity index is 2.69. The van der Waals surface area contributed by atoms with E-state index in [1.54, 1.807) is 4.90 Å². The fourth-order valence-corrected chi connectivity index (χ4v) is 2.78. The van der Waals surface area contributed by atoms with Crippen LogP contribution in [0.4, 0.5) is 0 Å². The van der Waals surface area contributed by atoms with Gasteiger partial charge in [0.2, 0.25) is 5.91 Å². The molecule has 1 fully saturated rings. The predicted molar refractivity (Wildman–Crippen MR) is 85.3 cm³/mol. The van der Waals surface area contributed by atoms with Crippen LogP contribution in [-0.4, -0.2) is 64.5 Å². The van der Waals surface area contributed by atoms with Gasteiger partial charge in [0, 0.05) is 24.7 Å². The molecule has 1 heterocycles. The summed E-state index contributed by atoms with van der Waals surface area (Å²) in [7, 11) is 0. The van der Waals surface area contributed by atoms with E-state index in [9.17, 15) is 4.79 Å². The van der Waals surface area contributed by atoms with E-state index in [1.165, 1.54) is 5.01 Å². The van der Waals surface area contributed by atoms with Crippen molar-refractivity contribution in [3.8, 4) is 12.3 Å². The summed E-state index contributed by atoms with van der Waals surface area (Å²) in [5, 5.41) is 10.3. The molecule has 8 heteroatoms. The van der Waals surface area contributed by atoms with Crippen molar-refractivity contribution < 1.29 is 9.90 Å². The highest BCUT2D eigenvalue weighted by Gasteiger charge is 2.28. The fraction of sp³-hybridized carbons (Fsp3) is 0.692. The van der Waals surface area contributed by atoms with Crippen LogP contribution < -0.4 is 11.6 Å². The molecule has 0 radical (unpaired) electrons. The smallest absolute Gasteiger partial charge is 0.248 e. The first-order valence-electron chi connectivity index (χ1n) is 6.76. The van der Waals surface area contributed by atoms with E-state index >= 15 is 0 Å². The number of likely N-dealkylation sites (tertiary alicyclic amines) is 1. The zero-order valence-electron chi connectivity index (χ0n) is 11.9. The predicted octanol–water partition coefficient (Wildman–Crippen LogP) is -0.896. The molecule has 1 aliphatic heterocycles. The lowest BCUT2D eigenvalue weighted by molar-refractivity contribution is -0.135. The summed E-state index contributed by atoms with van der Waals surface area (Å²) >= 11 is 3.43. The Labute approximate surface area is 133 Å². The van der Waals surface area contributed by atoms with Crippen LogP contribution in [0.2, 0.25) is 0 Å².